The second-order valence-corrected chi connectivity index (χ2v) is 6.28. The van der Waals surface area contributed by atoms with Crippen molar-refractivity contribution in [3.05, 3.63) is 33.8 Å². The Bertz CT molecular complexity index is 572. The summed E-state index contributed by atoms with van der Waals surface area (Å²) in [5.41, 5.74) is 0.520. The van der Waals surface area contributed by atoms with Crippen LogP contribution in [0.2, 0.25) is 10.0 Å². The standard InChI is InChI=1S/C15H18Cl2N2O3/c1-18(9-14(20)21)11-4-6-19(7-5-11)15(22)10-2-3-12(16)13(17)8-10/h2-3,8,11H,4-7,9H2,1H3,(H,20,21). The molecule has 1 aromatic rings. The van der Waals surface area contributed by atoms with Crippen molar-refractivity contribution in [2.75, 3.05) is 26.7 Å². The number of carbonyl (C=O) groups excluding carboxylic acids is 1. The lowest BCUT2D eigenvalue weighted by Crippen LogP contribution is -2.46. The largest absolute Gasteiger partial charge is 0.480 e. The maximum atomic E-state index is 12.4. The summed E-state index contributed by atoms with van der Waals surface area (Å²) >= 11 is 11.8. The minimum atomic E-state index is -0.836. The lowest BCUT2D eigenvalue weighted by atomic mass is 10.0. The van der Waals surface area contributed by atoms with Crippen LogP contribution >= 0.6 is 23.2 Å². The summed E-state index contributed by atoms with van der Waals surface area (Å²) in [4.78, 5) is 26.8. The number of rotatable bonds is 4. The van der Waals surface area contributed by atoms with Gasteiger partial charge in [0.15, 0.2) is 0 Å². The first-order valence-electron chi connectivity index (χ1n) is 7.05. The highest BCUT2D eigenvalue weighted by molar-refractivity contribution is 6.42. The Morgan fingerprint density at radius 3 is 2.45 bits per heavy atom. The average molecular weight is 345 g/mol. The van der Waals surface area contributed by atoms with Gasteiger partial charge < -0.3 is 10.0 Å². The van der Waals surface area contributed by atoms with Crippen molar-refractivity contribution in [3.8, 4) is 0 Å². The Labute approximate surface area is 139 Å². The van der Waals surface area contributed by atoms with E-state index in [1.807, 2.05) is 4.90 Å². The molecule has 1 aliphatic heterocycles. The molecule has 1 saturated heterocycles. The molecule has 0 aliphatic carbocycles. The lowest BCUT2D eigenvalue weighted by Gasteiger charge is -2.36. The summed E-state index contributed by atoms with van der Waals surface area (Å²) in [6, 6.07) is 5.05. The van der Waals surface area contributed by atoms with E-state index < -0.39 is 5.97 Å². The maximum absolute atomic E-state index is 12.4. The fraction of sp³-hybridized carbons (Fsp3) is 0.467. The highest BCUT2D eigenvalue weighted by atomic mass is 35.5. The van der Waals surface area contributed by atoms with Crippen LogP contribution in [-0.2, 0) is 4.79 Å². The van der Waals surface area contributed by atoms with Gasteiger partial charge in [-0.2, -0.15) is 0 Å². The van der Waals surface area contributed by atoms with Crippen molar-refractivity contribution in [1.82, 2.24) is 9.80 Å². The highest BCUT2D eigenvalue weighted by Gasteiger charge is 2.26. The summed E-state index contributed by atoms with van der Waals surface area (Å²) in [5, 5.41) is 9.61. The van der Waals surface area contributed by atoms with Crippen LogP contribution in [0.1, 0.15) is 23.2 Å². The first-order valence-corrected chi connectivity index (χ1v) is 7.80. The van der Waals surface area contributed by atoms with Crippen molar-refractivity contribution < 1.29 is 14.7 Å². The third-order valence-electron chi connectivity index (χ3n) is 3.93. The number of halogens is 2. The van der Waals surface area contributed by atoms with E-state index in [4.69, 9.17) is 28.3 Å². The molecule has 22 heavy (non-hydrogen) atoms. The number of amides is 1. The van der Waals surface area contributed by atoms with Crippen molar-refractivity contribution in [3.63, 3.8) is 0 Å². The van der Waals surface area contributed by atoms with Crippen LogP contribution in [0.15, 0.2) is 18.2 Å². The van der Waals surface area contributed by atoms with Gasteiger partial charge in [0.05, 0.1) is 16.6 Å². The number of piperidine rings is 1. The van der Waals surface area contributed by atoms with E-state index in [-0.39, 0.29) is 18.5 Å². The number of hydrogen-bond acceptors (Lipinski definition) is 3. The molecule has 0 saturated carbocycles. The van der Waals surface area contributed by atoms with Gasteiger partial charge in [0.1, 0.15) is 0 Å². The number of aliphatic carboxylic acids is 1. The Morgan fingerprint density at radius 2 is 1.91 bits per heavy atom. The highest BCUT2D eigenvalue weighted by Crippen LogP contribution is 2.24. The summed E-state index contributed by atoms with van der Waals surface area (Å²) in [6.45, 7) is 1.23. The second kappa shape index (κ2) is 7.31. The van der Waals surface area contributed by atoms with Crippen LogP contribution in [0.4, 0.5) is 0 Å². The van der Waals surface area contributed by atoms with Gasteiger partial charge in [-0.05, 0) is 38.1 Å². The topological polar surface area (TPSA) is 60.9 Å². The summed E-state index contributed by atoms with van der Waals surface area (Å²) in [7, 11) is 1.80. The fourth-order valence-electron chi connectivity index (χ4n) is 2.66. The van der Waals surface area contributed by atoms with E-state index in [9.17, 15) is 9.59 Å². The molecular formula is C15H18Cl2N2O3. The zero-order chi connectivity index (χ0) is 16.3. The molecule has 1 aromatic carbocycles. The van der Waals surface area contributed by atoms with Crippen LogP contribution in [0.5, 0.6) is 0 Å². The van der Waals surface area contributed by atoms with Crippen molar-refractivity contribution in [2.24, 2.45) is 0 Å². The third-order valence-corrected chi connectivity index (χ3v) is 4.67. The zero-order valence-corrected chi connectivity index (χ0v) is 13.8. The normalized spacial score (nSPS) is 16.1. The fourth-order valence-corrected chi connectivity index (χ4v) is 2.96. The van der Waals surface area contributed by atoms with E-state index in [0.717, 1.165) is 12.8 Å². The molecule has 1 heterocycles. The molecule has 0 radical (unpaired) electrons. The Hall–Kier alpha value is -1.30. The molecule has 1 fully saturated rings. The van der Waals surface area contributed by atoms with Gasteiger partial charge in [-0.25, -0.2) is 0 Å². The van der Waals surface area contributed by atoms with Crippen LogP contribution in [-0.4, -0.2) is 59.5 Å². The van der Waals surface area contributed by atoms with Gasteiger partial charge >= 0.3 is 5.97 Å². The quantitative estimate of drug-likeness (QED) is 0.911. The molecule has 1 amide bonds. The van der Waals surface area contributed by atoms with Gasteiger partial charge in [0.2, 0.25) is 0 Å². The van der Waals surface area contributed by atoms with E-state index >= 15 is 0 Å². The molecular weight excluding hydrogens is 327 g/mol. The van der Waals surface area contributed by atoms with Gasteiger partial charge in [-0.15, -0.1) is 0 Å². The minimum Gasteiger partial charge on any atom is -0.480 e. The zero-order valence-electron chi connectivity index (χ0n) is 12.3. The van der Waals surface area contributed by atoms with Crippen molar-refractivity contribution in [1.29, 1.82) is 0 Å². The maximum Gasteiger partial charge on any atom is 0.317 e. The van der Waals surface area contributed by atoms with E-state index in [1.165, 1.54) is 0 Å². The first kappa shape index (κ1) is 17.1. The number of likely N-dealkylation sites (tertiary alicyclic amines) is 1. The summed E-state index contributed by atoms with van der Waals surface area (Å²) in [5.74, 6) is -0.908. The molecule has 120 valence electrons. The number of carbonyl (C=O) groups is 2. The summed E-state index contributed by atoms with van der Waals surface area (Å²) in [6.07, 6.45) is 1.52. The van der Waals surface area contributed by atoms with Gasteiger partial charge in [0, 0.05) is 24.7 Å². The number of benzene rings is 1. The predicted molar refractivity (Wildman–Crippen MR) is 85.7 cm³/mol. The van der Waals surface area contributed by atoms with E-state index in [1.54, 1.807) is 30.1 Å². The van der Waals surface area contributed by atoms with E-state index in [0.29, 0.717) is 28.7 Å². The number of carboxylic acid groups (broad SMARTS) is 1. The van der Waals surface area contributed by atoms with Crippen molar-refractivity contribution >= 4 is 35.1 Å². The molecule has 1 N–H and O–H groups in total. The summed E-state index contributed by atoms with van der Waals surface area (Å²) < 4.78 is 0. The molecule has 0 bridgehead atoms. The molecule has 0 aromatic heterocycles. The number of hydrogen-bond donors (Lipinski definition) is 1. The molecule has 1 aliphatic rings. The molecule has 0 atom stereocenters. The van der Waals surface area contributed by atoms with Gasteiger partial charge in [0.25, 0.3) is 5.91 Å². The number of carboxylic acids is 1. The predicted octanol–water partition coefficient (Wildman–Crippen LogP) is 2.61. The number of nitrogens with zero attached hydrogens (tertiary/aromatic N) is 2. The van der Waals surface area contributed by atoms with Gasteiger partial charge in [-0.1, -0.05) is 23.2 Å². The van der Waals surface area contributed by atoms with Crippen LogP contribution in [0.25, 0.3) is 0 Å². The van der Waals surface area contributed by atoms with Crippen LogP contribution in [0, 0.1) is 0 Å². The lowest BCUT2D eigenvalue weighted by molar-refractivity contribution is -0.138. The Morgan fingerprint density at radius 1 is 1.27 bits per heavy atom. The van der Waals surface area contributed by atoms with Crippen LogP contribution < -0.4 is 0 Å². The Balaban J connectivity index is 1.94. The first-order chi connectivity index (χ1) is 10.4. The molecule has 0 spiro atoms. The molecule has 2 rings (SSSR count). The third kappa shape index (κ3) is 4.12. The number of likely N-dealkylation sites (N-methyl/N-ethyl adjacent to an activating group) is 1. The second-order valence-electron chi connectivity index (χ2n) is 5.46. The van der Waals surface area contributed by atoms with Gasteiger partial charge in [-0.3, -0.25) is 14.5 Å². The minimum absolute atomic E-state index is 0.0193. The monoisotopic (exact) mass is 344 g/mol. The molecule has 7 heteroatoms. The SMILES string of the molecule is CN(CC(=O)O)C1CCN(C(=O)c2ccc(Cl)c(Cl)c2)CC1. The van der Waals surface area contributed by atoms with Crippen LogP contribution in [0.3, 0.4) is 0 Å². The van der Waals surface area contributed by atoms with Crippen molar-refractivity contribution in [2.45, 2.75) is 18.9 Å². The molecule has 0 unspecified atom stereocenters. The average Bonchev–Trinajstić information content (AvgIpc) is 2.49. The molecule has 5 nitrogen and oxygen atoms in total. The van der Waals surface area contributed by atoms with E-state index in [2.05, 4.69) is 0 Å². The Kier molecular flexibility index (Phi) is 5.67. The smallest absolute Gasteiger partial charge is 0.317 e.